The van der Waals surface area contributed by atoms with Crippen LogP contribution in [0.3, 0.4) is 0 Å². The Morgan fingerprint density at radius 1 is 1.04 bits per heavy atom. The van der Waals surface area contributed by atoms with Crippen LogP contribution < -0.4 is 4.57 Å². The lowest BCUT2D eigenvalue weighted by atomic mass is 9.60. The quantitative estimate of drug-likeness (QED) is 0.668. The first-order valence-corrected chi connectivity index (χ1v) is 8.80. The number of pyridine rings is 1. The van der Waals surface area contributed by atoms with Gasteiger partial charge in [0.1, 0.15) is 0 Å². The molecule has 0 fully saturated rings. The highest BCUT2D eigenvalue weighted by molar-refractivity contribution is 5.65. The Hall–Kier alpha value is -1.70. The molecule has 0 radical (unpaired) electrons. The van der Waals surface area contributed by atoms with Gasteiger partial charge in [-0.2, -0.15) is 8.96 Å². The van der Waals surface area contributed by atoms with Crippen molar-refractivity contribution < 1.29 is 8.96 Å². The Kier molecular flexibility index (Phi) is 4.03. The highest BCUT2D eigenvalue weighted by Crippen LogP contribution is 2.50. The smallest absolute Gasteiger partial charge is 0.200 e. The number of hydrogen-bond acceptors (Lipinski definition) is 0. The minimum atomic E-state index is -0.131. The maximum Gasteiger partial charge on any atom is 0.249 e. The minimum absolute atomic E-state index is 0.000185. The van der Waals surface area contributed by atoms with Crippen LogP contribution in [0.2, 0.25) is 0 Å². The third kappa shape index (κ3) is 2.14. The van der Waals surface area contributed by atoms with Gasteiger partial charge in [-0.15, -0.1) is 0 Å². The van der Waals surface area contributed by atoms with Gasteiger partial charge in [0.15, 0.2) is 17.6 Å². The molecule has 0 saturated heterocycles. The molecule has 2 aromatic rings. The first-order chi connectivity index (χ1) is 11.0. The van der Waals surface area contributed by atoms with E-state index in [4.69, 9.17) is 0 Å². The predicted octanol–water partition coefficient (Wildman–Crippen LogP) is 5.37. The standard InChI is InChI=1S/C21H27FN/c1-5-7-14-20(3)17-12-9-8-11-16(17)19-18(22)13-10-15-23(19)21(20,4)6-2/h8-13,15H,5-7,14H2,1-4H3/q+1. The molecule has 0 N–H and O–H groups in total. The van der Waals surface area contributed by atoms with Crippen LogP contribution in [0.1, 0.15) is 58.9 Å². The topological polar surface area (TPSA) is 3.88 Å². The molecule has 1 aromatic heterocycles. The van der Waals surface area contributed by atoms with Gasteiger partial charge in [0.05, 0.1) is 11.0 Å². The summed E-state index contributed by atoms with van der Waals surface area (Å²) in [5.41, 5.74) is 2.95. The zero-order chi connectivity index (χ0) is 16.7. The molecule has 0 saturated carbocycles. The van der Waals surface area contributed by atoms with E-state index in [1.807, 2.05) is 12.1 Å². The van der Waals surface area contributed by atoms with Crippen LogP contribution in [0.5, 0.6) is 0 Å². The zero-order valence-electron chi connectivity index (χ0n) is 14.7. The number of benzene rings is 1. The van der Waals surface area contributed by atoms with Crippen LogP contribution in [0.4, 0.5) is 4.39 Å². The molecule has 2 heterocycles. The first-order valence-electron chi connectivity index (χ1n) is 8.80. The largest absolute Gasteiger partial charge is 0.249 e. The molecule has 0 aliphatic carbocycles. The van der Waals surface area contributed by atoms with Crippen molar-refractivity contribution in [1.82, 2.24) is 0 Å². The highest BCUT2D eigenvalue weighted by Gasteiger charge is 2.57. The number of hydrogen-bond donors (Lipinski definition) is 0. The van der Waals surface area contributed by atoms with Crippen LogP contribution >= 0.6 is 0 Å². The van der Waals surface area contributed by atoms with E-state index in [-0.39, 0.29) is 16.8 Å². The summed E-state index contributed by atoms with van der Waals surface area (Å²) in [6, 6.07) is 11.8. The fourth-order valence-corrected chi connectivity index (χ4v) is 4.37. The van der Waals surface area contributed by atoms with Crippen molar-refractivity contribution in [2.75, 3.05) is 0 Å². The summed E-state index contributed by atoms with van der Waals surface area (Å²) in [5.74, 6) is -0.128. The van der Waals surface area contributed by atoms with Gasteiger partial charge in [0, 0.05) is 19.4 Å². The van der Waals surface area contributed by atoms with Gasteiger partial charge in [-0.25, -0.2) is 0 Å². The number of unbranched alkanes of at least 4 members (excludes halogenated alkanes) is 1. The summed E-state index contributed by atoms with van der Waals surface area (Å²) < 4.78 is 16.9. The van der Waals surface area contributed by atoms with E-state index in [1.54, 1.807) is 6.07 Å². The summed E-state index contributed by atoms with van der Waals surface area (Å²) in [4.78, 5) is 0. The van der Waals surface area contributed by atoms with Gasteiger partial charge in [0.25, 0.3) is 0 Å². The van der Waals surface area contributed by atoms with E-state index in [1.165, 1.54) is 18.4 Å². The van der Waals surface area contributed by atoms with E-state index in [2.05, 4.69) is 56.7 Å². The zero-order valence-corrected chi connectivity index (χ0v) is 14.7. The van der Waals surface area contributed by atoms with Crippen molar-refractivity contribution in [3.8, 4) is 11.3 Å². The van der Waals surface area contributed by atoms with E-state index >= 15 is 0 Å². The lowest BCUT2D eigenvalue weighted by molar-refractivity contribution is -0.766. The average Bonchev–Trinajstić information content (AvgIpc) is 2.58. The van der Waals surface area contributed by atoms with Crippen LogP contribution in [0, 0.1) is 5.82 Å². The lowest BCUT2D eigenvalue weighted by Gasteiger charge is -2.46. The number of aromatic nitrogens is 1. The molecule has 0 bridgehead atoms. The molecular formula is C21H27FN+. The molecular weight excluding hydrogens is 285 g/mol. The highest BCUT2D eigenvalue weighted by atomic mass is 19.1. The monoisotopic (exact) mass is 312 g/mol. The van der Waals surface area contributed by atoms with Crippen molar-refractivity contribution in [2.45, 2.75) is 64.3 Å². The van der Waals surface area contributed by atoms with Crippen LogP contribution in [0.25, 0.3) is 11.3 Å². The summed E-state index contributed by atoms with van der Waals surface area (Å²) in [6.45, 7) is 9.12. The molecule has 1 aromatic carbocycles. The number of nitrogens with zero attached hydrogens (tertiary/aromatic N) is 1. The van der Waals surface area contributed by atoms with Crippen LogP contribution in [0.15, 0.2) is 42.6 Å². The first kappa shape index (κ1) is 16.2. The molecule has 0 spiro atoms. The lowest BCUT2D eigenvalue weighted by Crippen LogP contribution is -2.67. The normalized spacial score (nSPS) is 25.8. The van der Waals surface area contributed by atoms with Gasteiger partial charge >= 0.3 is 0 Å². The SMILES string of the molecule is CCCCC1(C)c2ccccc2-c2c(F)ccc[n+]2C1(C)CC. The molecule has 1 nitrogen and oxygen atoms in total. The Bertz CT molecular complexity index is 724. The van der Waals surface area contributed by atoms with E-state index in [0.717, 1.165) is 24.1 Å². The molecule has 2 atom stereocenters. The summed E-state index contributed by atoms with van der Waals surface area (Å²) >= 11 is 0. The van der Waals surface area contributed by atoms with E-state index in [9.17, 15) is 4.39 Å². The minimum Gasteiger partial charge on any atom is -0.200 e. The van der Waals surface area contributed by atoms with Crippen LogP contribution in [-0.2, 0) is 11.0 Å². The summed E-state index contributed by atoms with van der Waals surface area (Å²) in [5, 5.41) is 0. The van der Waals surface area contributed by atoms with Crippen molar-refractivity contribution in [2.24, 2.45) is 0 Å². The van der Waals surface area contributed by atoms with Crippen molar-refractivity contribution in [1.29, 1.82) is 0 Å². The van der Waals surface area contributed by atoms with Gasteiger partial charge in [-0.1, -0.05) is 44.9 Å². The van der Waals surface area contributed by atoms with Crippen molar-refractivity contribution >= 4 is 0 Å². The summed E-state index contributed by atoms with van der Waals surface area (Å²) in [6.07, 6.45) is 6.52. The van der Waals surface area contributed by atoms with Gasteiger partial charge in [-0.3, -0.25) is 0 Å². The molecule has 1 aliphatic heterocycles. The Morgan fingerprint density at radius 2 is 1.78 bits per heavy atom. The Labute approximate surface area is 139 Å². The second kappa shape index (κ2) is 5.74. The number of halogens is 1. The number of rotatable bonds is 4. The molecule has 2 heteroatoms. The average molecular weight is 312 g/mol. The summed E-state index contributed by atoms with van der Waals surface area (Å²) in [7, 11) is 0. The molecule has 2 unspecified atom stereocenters. The third-order valence-corrected chi connectivity index (χ3v) is 6.16. The fourth-order valence-electron chi connectivity index (χ4n) is 4.37. The fraction of sp³-hybridized carbons (Fsp3) is 0.476. The van der Waals surface area contributed by atoms with Crippen LogP contribution in [-0.4, -0.2) is 0 Å². The molecule has 122 valence electrons. The van der Waals surface area contributed by atoms with Gasteiger partial charge < -0.3 is 0 Å². The van der Waals surface area contributed by atoms with Crippen molar-refractivity contribution in [3.05, 3.63) is 54.0 Å². The second-order valence-electron chi connectivity index (χ2n) is 7.18. The van der Waals surface area contributed by atoms with E-state index < -0.39 is 0 Å². The van der Waals surface area contributed by atoms with E-state index in [0.29, 0.717) is 0 Å². The molecule has 0 amide bonds. The number of fused-ring (bicyclic) bond motifs is 3. The maximum absolute atomic E-state index is 14.7. The Balaban J connectivity index is 2.36. The molecule has 1 aliphatic rings. The van der Waals surface area contributed by atoms with Crippen molar-refractivity contribution in [3.63, 3.8) is 0 Å². The van der Waals surface area contributed by atoms with Gasteiger partial charge in [-0.05, 0) is 31.0 Å². The second-order valence-corrected chi connectivity index (χ2v) is 7.18. The maximum atomic E-state index is 14.7. The third-order valence-electron chi connectivity index (χ3n) is 6.16. The Morgan fingerprint density at radius 3 is 2.48 bits per heavy atom. The molecule has 23 heavy (non-hydrogen) atoms. The predicted molar refractivity (Wildman–Crippen MR) is 92.8 cm³/mol. The van der Waals surface area contributed by atoms with Gasteiger partial charge in [0.2, 0.25) is 5.69 Å². The molecule has 3 rings (SSSR count).